The number of hydrogen-bond acceptors (Lipinski definition) is 4. The maximum Gasteiger partial charge on any atom is 0.238 e. The van der Waals surface area contributed by atoms with Gasteiger partial charge in [0.25, 0.3) is 0 Å². The highest BCUT2D eigenvalue weighted by atomic mass is 32.2. The molecule has 2 unspecified atom stereocenters. The van der Waals surface area contributed by atoms with Gasteiger partial charge in [-0.15, -0.1) is 0 Å². The van der Waals surface area contributed by atoms with Crippen LogP contribution in [0.4, 0.5) is 10.1 Å². The van der Waals surface area contributed by atoms with Gasteiger partial charge in [-0.2, -0.15) is 0 Å². The van der Waals surface area contributed by atoms with Crippen molar-refractivity contribution in [3.05, 3.63) is 24.0 Å². The van der Waals surface area contributed by atoms with E-state index in [2.05, 4.69) is 17.6 Å². The largest absolute Gasteiger partial charge is 0.322 e. The number of sulfone groups is 1. The standard InChI is InChI=1S/C16H23FN2O3S/c1-11-5-3-4-6-14(11)18-10-16(20)19-15-9-12(23(2,21)22)7-8-13(15)17/h7-9,11,14,18H,3-6,10H2,1-2H3,(H,19,20). The van der Waals surface area contributed by atoms with E-state index in [0.29, 0.717) is 12.0 Å². The molecule has 23 heavy (non-hydrogen) atoms. The third-order valence-corrected chi connectivity index (χ3v) is 5.39. The highest BCUT2D eigenvalue weighted by Crippen LogP contribution is 2.23. The lowest BCUT2D eigenvalue weighted by Crippen LogP contribution is -2.41. The Kier molecular flexibility index (Phi) is 5.75. The van der Waals surface area contributed by atoms with E-state index in [-0.39, 0.29) is 23.0 Å². The van der Waals surface area contributed by atoms with E-state index >= 15 is 0 Å². The fraction of sp³-hybridized carbons (Fsp3) is 0.562. The minimum atomic E-state index is -3.45. The Balaban J connectivity index is 1.97. The second-order valence-electron chi connectivity index (χ2n) is 6.21. The van der Waals surface area contributed by atoms with Crippen LogP contribution in [0.1, 0.15) is 32.6 Å². The Bertz CT molecular complexity index is 676. The molecule has 2 rings (SSSR count). The zero-order chi connectivity index (χ0) is 17.0. The third-order valence-electron chi connectivity index (χ3n) is 4.28. The second-order valence-corrected chi connectivity index (χ2v) is 8.23. The summed E-state index contributed by atoms with van der Waals surface area (Å²) < 4.78 is 36.8. The molecule has 1 fully saturated rings. The quantitative estimate of drug-likeness (QED) is 0.806. The number of carbonyl (C=O) groups is 1. The fourth-order valence-electron chi connectivity index (χ4n) is 2.87. The van der Waals surface area contributed by atoms with Crippen LogP contribution in [0.25, 0.3) is 0 Å². The summed E-state index contributed by atoms with van der Waals surface area (Å²) in [6.45, 7) is 2.24. The van der Waals surface area contributed by atoms with Crippen molar-refractivity contribution in [1.82, 2.24) is 5.32 Å². The summed E-state index contributed by atoms with van der Waals surface area (Å²) in [5.41, 5.74) is -0.114. The number of nitrogens with one attached hydrogen (secondary N) is 2. The van der Waals surface area contributed by atoms with Crippen LogP contribution in [-0.4, -0.2) is 33.2 Å². The van der Waals surface area contributed by atoms with Gasteiger partial charge >= 0.3 is 0 Å². The lowest BCUT2D eigenvalue weighted by molar-refractivity contribution is -0.115. The third kappa shape index (κ3) is 5.00. The molecule has 0 aromatic heterocycles. The molecule has 2 atom stereocenters. The Morgan fingerprint density at radius 2 is 2.00 bits per heavy atom. The van der Waals surface area contributed by atoms with Crippen LogP contribution < -0.4 is 10.6 Å². The van der Waals surface area contributed by atoms with Crippen molar-refractivity contribution < 1.29 is 17.6 Å². The fourth-order valence-corrected chi connectivity index (χ4v) is 3.52. The first-order valence-electron chi connectivity index (χ1n) is 7.80. The van der Waals surface area contributed by atoms with Crippen molar-refractivity contribution in [3.63, 3.8) is 0 Å². The predicted octanol–water partition coefficient (Wildman–Crippen LogP) is 2.34. The summed E-state index contributed by atoms with van der Waals surface area (Å²) in [6.07, 6.45) is 5.58. The van der Waals surface area contributed by atoms with Crippen molar-refractivity contribution in [2.75, 3.05) is 18.1 Å². The Morgan fingerprint density at radius 1 is 1.30 bits per heavy atom. The number of benzene rings is 1. The first-order valence-corrected chi connectivity index (χ1v) is 9.69. The van der Waals surface area contributed by atoms with Gasteiger partial charge in [-0.25, -0.2) is 12.8 Å². The van der Waals surface area contributed by atoms with Crippen molar-refractivity contribution >= 4 is 21.4 Å². The zero-order valence-corrected chi connectivity index (χ0v) is 14.2. The molecule has 5 nitrogen and oxygen atoms in total. The van der Waals surface area contributed by atoms with Gasteiger partial charge in [0.15, 0.2) is 9.84 Å². The van der Waals surface area contributed by atoms with Gasteiger partial charge in [-0.1, -0.05) is 19.8 Å². The normalized spacial score (nSPS) is 21.9. The lowest BCUT2D eigenvalue weighted by Gasteiger charge is -2.29. The van der Waals surface area contributed by atoms with Gasteiger partial charge in [-0.3, -0.25) is 4.79 Å². The van der Waals surface area contributed by atoms with E-state index in [1.165, 1.54) is 12.5 Å². The molecular formula is C16H23FN2O3S. The van der Waals surface area contributed by atoms with Crippen molar-refractivity contribution in [3.8, 4) is 0 Å². The number of amides is 1. The van der Waals surface area contributed by atoms with Crippen LogP contribution >= 0.6 is 0 Å². The van der Waals surface area contributed by atoms with Crippen LogP contribution in [0.2, 0.25) is 0 Å². The highest BCUT2D eigenvalue weighted by Gasteiger charge is 2.21. The summed E-state index contributed by atoms with van der Waals surface area (Å²) in [5.74, 6) is -0.522. The molecule has 7 heteroatoms. The van der Waals surface area contributed by atoms with E-state index in [0.717, 1.165) is 37.7 Å². The summed E-state index contributed by atoms with van der Waals surface area (Å²) in [6, 6.07) is 3.66. The van der Waals surface area contributed by atoms with Gasteiger partial charge < -0.3 is 10.6 Å². The minimum absolute atomic E-state index is 0.0249. The molecule has 1 aromatic rings. The van der Waals surface area contributed by atoms with E-state index in [1.54, 1.807) is 0 Å². The SMILES string of the molecule is CC1CCCCC1NCC(=O)Nc1cc(S(C)(=O)=O)ccc1F. The summed E-state index contributed by atoms with van der Waals surface area (Å²) in [4.78, 5) is 12.0. The molecule has 1 aromatic carbocycles. The number of halogens is 1. The van der Waals surface area contributed by atoms with E-state index in [1.807, 2.05) is 0 Å². The second kappa shape index (κ2) is 7.40. The first-order chi connectivity index (χ1) is 10.8. The van der Waals surface area contributed by atoms with Crippen molar-refractivity contribution in [1.29, 1.82) is 0 Å². The monoisotopic (exact) mass is 342 g/mol. The summed E-state index contributed by atoms with van der Waals surface area (Å²) in [7, 11) is -3.45. The molecular weight excluding hydrogens is 319 g/mol. The summed E-state index contributed by atoms with van der Waals surface area (Å²) >= 11 is 0. The van der Waals surface area contributed by atoms with Crippen LogP contribution in [-0.2, 0) is 14.6 Å². The molecule has 1 aliphatic carbocycles. The number of hydrogen-bond donors (Lipinski definition) is 2. The molecule has 0 aliphatic heterocycles. The molecule has 0 heterocycles. The van der Waals surface area contributed by atoms with Crippen LogP contribution in [0.5, 0.6) is 0 Å². The molecule has 0 bridgehead atoms. The maximum atomic E-state index is 13.7. The van der Waals surface area contributed by atoms with E-state index in [9.17, 15) is 17.6 Å². The van der Waals surface area contributed by atoms with Gasteiger partial charge in [-0.05, 0) is 37.0 Å². The van der Waals surface area contributed by atoms with Crippen LogP contribution in [0, 0.1) is 11.7 Å². The smallest absolute Gasteiger partial charge is 0.238 e. The number of anilines is 1. The lowest BCUT2D eigenvalue weighted by atomic mass is 9.86. The highest BCUT2D eigenvalue weighted by molar-refractivity contribution is 7.90. The predicted molar refractivity (Wildman–Crippen MR) is 87.6 cm³/mol. The topological polar surface area (TPSA) is 75.3 Å². The molecule has 1 aliphatic rings. The maximum absolute atomic E-state index is 13.7. The van der Waals surface area contributed by atoms with Crippen LogP contribution in [0.15, 0.2) is 23.1 Å². The van der Waals surface area contributed by atoms with Gasteiger partial charge in [0, 0.05) is 12.3 Å². The Labute approximate surface area is 136 Å². The molecule has 1 amide bonds. The summed E-state index contributed by atoms with van der Waals surface area (Å²) in [5, 5.41) is 5.64. The molecule has 128 valence electrons. The van der Waals surface area contributed by atoms with E-state index < -0.39 is 15.7 Å². The van der Waals surface area contributed by atoms with Crippen LogP contribution in [0.3, 0.4) is 0 Å². The van der Waals surface area contributed by atoms with Crippen molar-refractivity contribution in [2.24, 2.45) is 5.92 Å². The minimum Gasteiger partial charge on any atom is -0.322 e. The van der Waals surface area contributed by atoms with Crippen molar-refractivity contribution in [2.45, 2.75) is 43.5 Å². The Morgan fingerprint density at radius 3 is 2.65 bits per heavy atom. The van der Waals surface area contributed by atoms with Gasteiger partial charge in [0.05, 0.1) is 17.1 Å². The van der Waals surface area contributed by atoms with Gasteiger partial charge in [0.1, 0.15) is 5.82 Å². The average Bonchev–Trinajstić information content (AvgIpc) is 2.47. The number of carbonyl (C=O) groups excluding carboxylic acids is 1. The van der Waals surface area contributed by atoms with E-state index in [4.69, 9.17) is 0 Å². The zero-order valence-electron chi connectivity index (χ0n) is 13.4. The average molecular weight is 342 g/mol. The number of rotatable bonds is 5. The van der Waals surface area contributed by atoms with Gasteiger partial charge in [0.2, 0.25) is 5.91 Å². The molecule has 0 spiro atoms. The first kappa shape index (κ1) is 17.9. The molecule has 0 radical (unpaired) electrons. The molecule has 1 saturated carbocycles. The Hall–Kier alpha value is -1.47. The molecule has 0 saturated heterocycles. The molecule has 2 N–H and O–H groups in total.